The Kier molecular flexibility index (Phi) is 6.07. The van der Waals surface area contributed by atoms with E-state index < -0.39 is 10.8 Å². The molecule has 0 radical (unpaired) electrons. The highest BCUT2D eigenvalue weighted by Crippen LogP contribution is 2.13. The number of rotatable bonds is 6. The first-order chi connectivity index (χ1) is 8.52. The fourth-order valence-electron chi connectivity index (χ4n) is 1.34. The Hall–Kier alpha value is -1.14. The summed E-state index contributed by atoms with van der Waals surface area (Å²) in [5, 5.41) is 5.84. The van der Waals surface area contributed by atoms with Gasteiger partial charge in [-0.25, -0.2) is 4.98 Å². The Morgan fingerprint density at radius 3 is 2.83 bits per heavy atom. The van der Waals surface area contributed by atoms with Gasteiger partial charge in [0.25, 0.3) is 5.91 Å². The van der Waals surface area contributed by atoms with Crippen LogP contribution in [0, 0.1) is 0 Å². The Morgan fingerprint density at radius 1 is 1.50 bits per heavy atom. The molecule has 1 unspecified atom stereocenters. The second kappa shape index (κ2) is 7.33. The molecule has 0 saturated carbocycles. The Labute approximate surface area is 114 Å². The maximum atomic E-state index is 11.8. The predicted octanol–water partition coefficient (Wildman–Crippen LogP) is 1.28. The van der Waals surface area contributed by atoms with Gasteiger partial charge in [-0.3, -0.25) is 9.00 Å². The normalized spacial score (nSPS) is 11.9. The first kappa shape index (κ1) is 14.9. The van der Waals surface area contributed by atoms with E-state index in [2.05, 4.69) is 15.6 Å². The highest BCUT2D eigenvalue weighted by atomic mass is 35.5. The van der Waals surface area contributed by atoms with Crippen LogP contribution in [0.1, 0.15) is 16.8 Å². The van der Waals surface area contributed by atoms with Crippen LogP contribution in [-0.4, -0.2) is 40.7 Å². The van der Waals surface area contributed by atoms with Crippen molar-refractivity contribution in [3.05, 3.63) is 22.8 Å². The summed E-state index contributed by atoms with van der Waals surface area (Å²) in [5.74, 6) is 0.916. The Balaban J connectivity index is 2.55. The number of hydrogen-bond acceptors (Lipinski definition) is 4. The summed E-state index contributed by atoms with van der Waals surface area (Å²) >= 11 is 5.80. The number of carbonyl (C=O) groups excluding carboxylic acids is 1. The number of halogens is 1. The molecule has 0 spiro atoms. The highest BCUT2D eigenvalue weighted by Gasteiger charge is 2.08. The Morgan fingerprint density at radius 2 is 2.22 bits per heavy atom. The van der Waals surface area contributed by atoms with E-state index in [-0.39, 0.29) is 11.1 Å². The van der Waals surface area contributed by atoms with Crippen molar-refractivity contribution in [2.75, 3.05) is 30.9 Å². The summed E-state index contributed by atoms with van der Waals surface area (Å²) in [4.78, 5) is 15.8. The number of amides is 1. The molecule has 0 bridgehead atoms. The van der Waals surface area contributed by atoms with Gasteiger partial charge in [0.05, 0.1) is 0 Å². The molecule has 1 atom stereocenters. The molecule has 100 valence electrons. The van der Waals surface area contributed by atoms with Crippen molar-refractivity contribution in [3.63, 3.8) is 0 Å². The summed E-state index contributed by atoms with van der Waals surface area (Å²) in [6, 6.07) is 3.13. The average molecular weight is 290 g/mol. The minimum absolute atomic E-state index is 0.210. The first-order valence-corrected chi connectivity index (χ1v) is 7.57. The molecule has 1 heterocycles. The quantitative estimate of drug-likeness (QED) is 0.611. The lowest BCUT2D eigenvalue weighted by molar-refractivity contribution is 0.0953. The zero-order valence-corrected chi connectivity index (χ0v) is 11.9. The molecule has 0 aromatic carbocycles. The number of carbonyl (C=O) groups is 1. The molecule has 0 aliphatic heterocycles. The topological polar surface area (TPSA) is 71.1 Å². The number of hydrogen-bond donors (Lipinski definition) is 2. The van der Waals surface area contributed by atoms with E-state index in [0.717, 1.165) is 0 Å². The third kappa shape index (κ3) is 5.01. The van der Waals surface area contributed by atoms with Gasteiger partial charge in [0.2, 0.25) is 0 Å². The zero-order valence-electron chi connectivity index (χ0n) is 10.3. The fourth-order valence-corrected chi connectivity index (χ4v) is 2.09. The van der Waals surface area contributed by atoms with Gasteiger partial charge in [-0.15, -0.1) is 0 Å². The molecule has 18 heavy (non-hydrogen) atoms. The monoisotopic (exact) mass is 289 g/mol. The van der Waals surface area contributed by atoms with E-state index >= 15 is 0 Å². The summed E-state index contributed by atoms with van der Waals surface area (Å²) in [6.45, 7) is 0.493. The number of nitrogens with one attached hydrogen (secondary N) is 2. The summed E-state index contributed by atoms with van der Waals surface area (Å²) < 4.78 is 10.9. The molecule has 7 heteroatoms. The highest BCUT2D eigenvalue weighted by molar-refractivity contribution is 7.84. The third-order valence-electron chi connectivity index (χ3n) is 2.21. The van der Waals surface area contributed by atoms with Gasteiger partial charge in [-0.1, -0.05) is 11.6 Å². The van der Waals surface area contributed by atoms with Gasteiger partial charge in [0.15, 0.2) is 0 Å². The predicted molar refractivity (Wildman–Crippen MR) is 74.7 cm³/mol. The van der Waals surface area contributed by atoms with Crippen LogP contribution < -0.4 is 10.6 Å². The van der Waals surface area contributed by atoms with Gasteiger partial charge < -0.3 is 10.6 Å². The van der Waals surface area contributed by atoms with E-state index in [1.165, 1.54) is 6.07 Å². The SMILES string of the molecule is CNc1cc(C(=O)NCCCS(C)=O)cc(Cl)n1. The minimum atomic E-state index is -0.826. The first-order valence-electron chi connectivity index (χ1n) is 5.46. The number of nitrogens with zero attached hydrogens (tertiary/aromatic N) is 1. The van der Waals surface area contributed by atoms with E-state index in [9.17, 15) is 9.00 Å². The van der Waals surface area contributed by atoms with Gasteiger partial charge in [0.1, 0.15) is 11.0 Å². The van der Waals surface area contributed by atoms with E-state index in [1.54, 1.807) is 19.4 Å². The molecule has 1 amide bonds. The Bertz CT molecular complexity index is 454. The van der Waals surface area contributed by atoms with Crippen molar-refractivity contribution in [1.82, 2.24) is 10.3 Å². The van der Waals surface area contributed by atoms with E-state index in [4.69, 9.17) is 11.6 Å². The molecule has 1 rings (SSSR count). The van der Waals surface area contributed by atoms with Crippen molar-refractivity contribution in [3.8, 4) is 0 Å². The van der Waals surface area contributed by atoms with Crippen LogP contribution in [0.5, 0.6) is 0 Å². The fraction of sp³-hybridized carbons (Fsp3) is 0.455. The summed E-state index contributed by atoms with van der Waals surface area (Å²) in [6.07, 6.45) is 2.33. The van der Waals surface area contributed by atoms with Gasteiger partial charge >= 0.3 is 0 Å². The molecule has 0 aliphatic rings. The molecule has 2 N–H and O–H groups in total. The van der Waals surface area contributed by atoms with E-state index in [1.807, 2.05) is 0 Å². The van der Waals surface area contributed by atoms with Gasteiger partial charge in [-0.05, 0) is 18.6 Å². The molecule has 0 fully saturated rings. The van der Waals surface area contributed by atoms with Crippen LogP contribution in [0.2, 0.25) is 5.15 Å². The van der Waals surface area contributed by atoms with Crippen LogP contribution in [0.15, 0.2) is 12.1 Å². The van der Waals surface area contributed by atoms with Crippen molar-refractivity contribution in [1.29, 1.82) is 0 Å². The standard InChI is InChI=1S/C11H16ClN3O2S/c1-13-10-7-8(6-9(12)15-10)11(16)14-4-3-5-18(2)17/h6-7H,3-5H2,1-2H3,(H,13,15)(H,14,16). The van der Waals surface area contributed by atoms with Crippen molar-refractivity contribution < 1.29 is 9.00 Å². The lowest BCUT2D eigenvalue weighted by Crippen LogP contribution is -2.25. The third-order valence-corrected chi connectivity index (χ3v) is 3.26. The number of aromatic nitrogens is 1. The maximum Gasteiger partial charge on any atom is 0.251 e. The van der Waals surface area contributed by atoms with Crippen LogP contribution >= 0.6 is 11.6 Å². The van der Waals surface area contributed by atoms with Crippen molar-refractivity contribution >= 4 is 34.1 Å². The molecule has 0 aliphatic carbocycles. The van der Waals surface area contributed by atoms with Gasteiger partial charge in [-0.2, -0.15) is 0 Å². The van der Waals surface area contributed by atoms with Crippen LogP contribution in [0.4, 0.5) is 5.82 Å². The lowest BCUT2D eigenvalue weighted by Gasteiger charge is -2.06. The second-order valence-electron chi connectivity index (χ2n) is 3.70. The van der Waals surface area contributed by atoms with Crippen molar-refractivity contribution in [2.45, 2.75) is 6.42 Å². The second-order valence-corrected chi connectivity index (χ2v) is 5.64. The maximum absolute atomic E-state index is 11.8. The smallest absolute Gasteiger partial charge is 0.251 e. The largest absolute Gasteiger partial charge is 0.373 e. The molecular formula is C11H16ClN3O2S. The molecule has 5 nitrogen and oxygen atoms in total. The van der Waals surface area contributed by atoms with Crippen LogP contribution in [0.25, 0.3) is 0 Å². The van der Waals surface area contributed by atoms with Crippen LogP contribution in [-0.2, 0) is 10.8 Å². The number of anilines is 1. The number of pyridine rings is 1. The van der Waals surface area contributed by atoms with Crippen molar-refractivity contribution in [2.24, 2.45) is 0 Å². The molecule has 1 aromatic rings. The molecule has 1 aromatic heterocycles. The van der Waals surface area contributed by atoms with Gasteiger partial charge in [0, 0.05) is 42.0 Å². The summed E-state index contributed by atoms with van der Waals surface area (Å²) in [5.41, 5.74) is 0.456. The zero-order chi connectivity index (χ0) is 13.5. The molecule has 0 saturated heterocycles. The molecular weight excluding hydrogens is 274 g/mol. The van der Waals surface area contributed by atoms with E-state index in [0.29, 0.717) is 30.1 Å². The lowest BCUT2D eigenvalue weighted by atomic mass is 10.2. The minimum Gasteiger partial charge on any atom is -0.373 e. The van der Waals surface area contributed by atoms with Crippen LogP contribution in [0.3, 0.4) is 0 Å². The summed E-state index contributed by atoms with van der Waals surface area (Å²) in [7, 11) is 0.879. The average Bonchev–Trinajstić information content (AvgIpc) is 2.33.